The first-order chi connectivity index (χ1) is 4.83. The summed E-state index contributed by atoms with van der Waals surface area (Å²) < 4.78 is 4.68. The van der Waals surface area contributed by atoms with Gasteiger partial charge in [0.1, 0.15) is 6.20 Å². The first-order valence-corrected chi connectivity index (χ1v) is 2.89. The largest absolute Gasteiger partial charge is 0.406 e. The van der Waals surface area contributed by atoms with E-state index in [2.05, 4.69) is 20.1 Å². The number of carbonyl (C=O) groups excluding carboxylic acids is 1. The van der Waals surface area contributed by atoms with Gasteiger partial charge in [0.25, 0.3) is 0 Å². The molecule has 0 unspecified atom stereocenters. The van der Waals surface area contributed by atoms with Crippen LogP contribution in [0.1, 0.15) is 13.3 Å². The third kappa shape index (κ3) is 1.54. The fourth-order valence-corrected chi connectivity index (χ4v) is 0.432. The van der Waals surface area contributed by atoms with Crippen LogP contribution in [0.4, 0.5) is 0 Å². The van der Waals surface area contributed by atoms with Crippen molar-refractivity contribution in [2.45, 2.75) is 13.3 Å². The standard InChI is InChI=1S/C5H7N3O2/c1-2-5(9)10-4-3-6-8-7-4/h3H,2H2,1H3,(H,6,7,8). The molecule has 0 aliphatic carbocycles. The highest BCUT2D eigenvalue weighted by Gasteiger charge is 2.00. The number of nitrogens with zero attached hydrogens (tertiary/aromatic N) is 2. The molecule has 0 saturated heterocycles. The molecule has 0 amide bonds. The Morgan fingerprint density at radius 3 is 3.20 bits per heavy atom. The van der Waals surface area contributed by atoms with Crippen LogP contribution < -0.4 is 4.74 Å². The summed E-state index contributed by atoms with van der Waals surface area (Å²) in [6.45, 7) is 1.71. The molecule has 0 fully saturated rings. The molecule has 0 bridgehead atoms. The molecule has 1 N–H and O–H groups in total. The second kappa shape index (κ2) is 2.95. The zero-order chi connectivity index (χ0) is 7.40. The molecule has 0 spiro atoms. The van der Waals surface area contributed by atoms with Gasteiger partial charge in [-0.3, -0.25) is 4.79 Å². The van der Waals surface area contributed by atoms with Crippen LogP contribution in [-0.4, -0.2) is 21.4 Å². The van der Waals surface area contributed by atoms with Gasteiger partial charge in [-0.25, -0.2) is 5.10 Å². The number of esters is 1. The van der Waals surface area contributed by atoms with E-state index in [-0.39, 0.29) is 11.8 Å². The Kier molecular flexibility index (Phi) is 1.99. The molecule has 5 heteroatoms. The van der Waals surface area contributed by atoms with E-state index in [4.69, 9.17) is 0 Å². The molecule has 1 aromatic heterocycles. The van der Waals surface area contributed by atoms with Gasteiger partial charge in [-0.2, -0.15) is 0 Å². The normalized spacial score (nSPS) is 9.30. The lowest BCUT2D eigenvalue weighted by Crippen LogP contribution is -2.05. The smallest absolute Gasteiger partial charge is 0.312 e. The average molecular weight is 141 g/mol. The SMILES string of the molecule is CCC(=O)Oc1cnn[nH]1. The van der Waals surface area contributed by atoms with Crippen LogP contribution in [0.25, 0.3) is 0 Å². The number of hydrogen-bond acceptors (Lipinski definition) is 4. The highest BCUT2D eigenvalue weighted by molar-refractivity contribution is 5.71. The molecule has 5 nitrogen and oxygen atoms in total. The lowest BCUT2D eigenvalue weighted by molar-refractivity contribution is -0.134. The topological polar surface area (TPSA) is 67.9 Å². The van der Waals surface area contributed by atoms with Crippen molar-refractivity contribution in [2.24, 2.45) is 0 Å². The van der Waals surface area contributed by atoms with E-state index in [1.165, 1.54) is 6.20 Å². The van der Waals surface area contributed by atoms with Crippen LogP contribution in [0.5, 0.6) is 5.88 Å². The Bertz CT molecular complexity index is 207. The number of aromatic nitrogens is 3. The number of rotatable bonds is 2. The second-order valence-electron chi connectivity index (χ2n) is 1.65. The van der Waals surface area contributed by atoms with Crippen molar-refractivity contribution in [1.82, 2.24) is 15.4 Å². The number of nitrogens with one attached hydrogen (secondary N) is 1. The molecule has 0 aliphatic heterocycles. The van der Waals surface area contributed by atoms with Crippen molar-refractivity contribution in [1.29, 1.82) is 0 Å². The predicted octanol–water partition coefficient (Wildman–Crippen LogP) is 0.120. The van der Waals surface area contributed by atoms with Gasteiger partial charge in [-0.15, -0.1) is 5.10 Å². The van der Waals surface area contributed by atoms with Gasteiger partial charge in [-0.1, -0.05) is 12.1 Å². The van der Waals surface area contributed by atoms with Gasteiger partial charge in [0.15, 0.2) is 0 Å². The average Bonchev–Trinajstić information content (AvgIpc) is 2.40. The summed E-state index contributed by atoms with van der Waals surface area (Å²) in [5, 5.41) is 9.18. The minimum Gasteiger partial charge on any atom is -0.406 e. The van der Waals surface area contributed by atoms with E-state index in [1.807, 2.05) is 0 Å². The summed E-state index contributed by atoms with van der Waals surface area (Å²) >= 11 is 0. The first kappa shape index (κ1) is 6.73. The molecule has 54 valence electrons. The van der Waals surface area contributed by atoms with Gasteiger partial charge < -0.3 is 4.74 Å². The summed E-state index contributed by atoms with van der Waals surface area (Å²) in [5.74, 6) is -0.0158. The number of aromatic amines is 1. The van der Waals surface area contributed by atoms with Crippen molar-refractivity contribution < 1.29 is 9.53 Å². The van der Waals surface area contributed by atoms with E-state index in [9.17, 15) is 4.79 Å². The third-order valence-corrected chi connectivity index (χ3v) is 0.905. The Morgan fingerprint density at radius 1 is 1.90 bits per heavy atom. The van der Waals surface area contributed by atoms with Crippen molar-refractivity contribution >= 4 is 5.97 Å². The highest BCUT2D eigenvalue weighted by atomic mass is 16.5. The van der Waals surface area contributed by atoms with Gasteiger partial charge >= 0.3 is 5.97 Å². The van der Waals surface area contributed by atoms with Crippen LogP contribution in [0.3, 0.4) is 0 Å². The summed E-state index contributed by atoms with van der Waals surface area (Å²) in [5.41, 5.74) is 0. The van der Waals surface area contributed by atoms with Gasteiger partial charge in [0.05, 0.1) is 0 Å². The van der Waals surface area contributed by atoms with Crippen molar-refractivity contribution in [3.05, 3.63) is 6.20 Å². The lowest BCUT2D eigenvalue weighted by Gasteiger charge is -1.94. The van der Waals surface area contributed by atoms with E-state index in [0.717, 1.165) is 0 Å². The second-order valence-corrected chi connectivity index (χ2v) is 1.65. The molecule has 10 heavy (non-hydrogen) atoms. The van der Waals surface area contributed by atoms with E-state index in [0.29, 0.717) is 6.42 Å². The number of ether oxygens (including phenoxy) is 1. The highest BCUT2D eigenvalue weighted by Crippen LogP contribution is 2.00. The number of carbonyl (C=O) groups is 1. The maximum Gasteiger partial charge on any atom is 0.312 e. The number of H-pyrrole nitrogens is 1. The molecular formula is C5H7N3O2. The Balaban J connectivity index is 2.48. The molecule has 1 aromatic rings. The van der Waals surface area contributed by atoms with Gasteiger partial charge in [0, 0.05) is 6.42 Å². The van der Waals surface area contributed by atoms with Crippen LogP contribution in [0, 0.1) is 0 Å². The molecule has 0 atom stereocenters. The Labute approximate surface area is 57.4 Å². The fraction of sp³-hybridized carbons (Fsp3) is 0.400. The molecular weight excluding hydrogens is 134 g/mol. The van der Waals surface area contributed by atoms with E-state index < -0.39 is 0 Å². The molecule has 0 radical (unpaired) electrons. The lowest BCUT2D eigenvalue weighted by atomic mass is 10.5. The molecule has 1 rings (SSSR count). The number of hydrogen-bond donors (Lipinski definition) is 1. The van der Waals surface area contributed by atoms with Crippen molar-refractivity contribution in [3.8, 4) is 5.88 Å². The van der Waals surface area contributed by atoms with E-state index >= 15 is 0 Å². The fourth-order valence-electron chi connectivity index (χ4n) is 0.432. The first-order valence-electron chi connectivity index (χ1n) is 2.89. The summed E-state index contributed by atoms with van der Waals surface area (Å²) in [4.78, 5) is 10.6. The maximum absolute atomic E-state index is 10.6. The summed E-state index contributed by atoms with van der Waals surface area (Å²) in [6.07, 6.45) is 1.69. The van der Waals surface area contributed by atoms with Crippen LogP contribution in [-0.2, 0) is 4.79 Å². The van der Waals surface area contributed by atoms with Crippen molar-refractivity contribution in [2.75, 3.05) is 0 Å². The van der Waals surface area contributed by atoms with E-state index in [1.54, 1.807) is 6.92 Å². The van der Waals surface area contributed by atoms with Crippen LogP contribution in [0.2, 0.25) is 0 Å². The minimum atomic E-state index is -0.300. The Hall–Kier alpha value is -1.39. The van der Waals surface area contributed by atoms with Gasteiger partial charge in [-0.05, 0) is 0 Å². The zero-order valence-corrected chi connectivity index (χ0v) is 5.50. The quantitative estimate of drug-likeness (QED) is 0.594. The predicted molar refractivity (Wildman–Crippen MR) is 32.3 cm³/mol. The third-order valence-electron chi connectivity index (χ3n) is 0.905. The summed E-state index contributed by atoms with van der Waals surface area (Å²) in [6, 6.07) is 0. The zero-order valence-electron chi connectivity index (χ0n) is 5.50. The Morgan fingerprint density at radius 2 is 2.70 bits per heavy atom. The minimum absolute atomic E-state index is 0.284. The monoisotopic (exact) mass is 141 g/mol. The molecule has 0 saturated carbocycles. The summed E-state index contributed by atoms with van der Waals surface area (Å²) in [7, 11) is 0. The van der Waals surface area contributed by atoms with Crippen LogP contribution in [0.15, 0.2) is 6.20 Å². The maximum atomic E-state index is 10.6. The van der Waals surface area contributed by atoms with Gasteiger partial charge in [0.2, 0.25) is 5.88 Å². The molecule has 1 heterocycles. The van der Waals surface area contributed by atoms with Crippen molar-refractivity contribution in [3.63, 3.8) is 0 Å². The van der Waals surface area contributed by atoms with Crippen LogP contribution >= 0.6 is 0 Å². The molecule has 0 aliphatic rings. The molecule has 0 aromatic carbocycles.